The van der Waals surface area contributed by atoms with Crippen molar-refractivity contribution in [3.63, 3.8) is 0 Å². The summed E-state index contributed by atoms with van der Waals surface area (Å²) in [5, 5.41) is 0. The molecular weight excluding hydrogens is 176 g/mol. The molecule has 0 amide bonds. The van der Waals surface area contributed by atoms with Gasteiger partial charge in [-0.25, -0.2) is 0 Å². The molecule has 1 saturated heterocycles. The van der Waals surface area contributed by atoms with Crippen molar-refractivity contribution in [2.75, 3.05) is 11.5 Å². The molecule has 4 unspecified atom stereocenters. The molecule has 0 nitrogen and oxygen atoms in total. The largest absolute Gasteiger partial charge is 0.192 e. The zero-order valence-electron chi connectivity index (χ0n) is 9.18. The average Bonchev–Trinajstić information content (AvgIpc) is 2.53. The SMILES string of the molecule is C=S1CC2CCC(C)(C(C)C)C2C1. The van der Waals surface area contributed by atoms with E-state index in [1.807, 2.05) is 0 Å². The Bertz CT molecular complexity index is 231. The van der Waals surface area contributed by atoms with Gasteiger partial charge in [-0.05, 0) is 47.5 Å². The van der Waals surface area contributed by atoms with Crippen molar-refractivity contribution >= 4 is 16.4 Å². The minimum Gasteiger partial charge on any atom is -0.192 e. The van der Waals surface area contributed by atoms with E-state index in [4.69, 9.17) is 0 Å². The molecule has 1 aliphatic carbocycles. The summed E-state index contributed by atoms with van der Waals surface area (Å²) in [5.74, 6) is 10.0. The van der Waals surface area contributed by atoms with Crippen LogP contribution < -0.4 is 0 Å². The maximum absolute atomic E-state index is 4.27. The van der Waals surface area contributed by atoms with Gasteiger partial charge in [0, 0.05) is 0 Å². The predicted octanol–water partition coefficient (Wildman–Crippen LogP) is 3.39. The van der Waals surface area contributed by atoms with Gasteiger partial charge in [0.25, 0.3) is 0 Å². The third-order valence-corrected chi connectivity index (χ3v) is 6.38. The van der Waals surface area contributed by atoms with Crippen LogP contribution in [0.1, 0.15) is 33.6 Å². The molecule has 0 N–H and O–H groups in total. The molecule has 1 heteroatoms. The van der Waals surface area contributed by atoms with E-state index < -0.39 is 0 Å². The lowest BCUT2D eigenvalue weighted by Gasteiger charge is -2.35. The lowest BCUT2D eigenvalue weighted by Crippen LogP contribution is -2.30. The first-order chi connectivity index (χ1) is 6.04. The summed E-state index contributed by atoms with van der Waals surface area (Å²) in [6.07, 6.45) is 2.95. The molecular formula is C12H22S. The highest BCUT2D eigenvalue weighted by Crippen LogP contribution is 2.57. The van der Waals surface area contributed by atoms with Crippen LogP contribution in [0.5, 0.6) is 0 Å². The van der Waals surface area contributed by atoms with E-state index in [0.29, 0.717) is 15.9 Å². The van der Waals surface area contributed by atoms with E-state index in [1.54, 1.807) is 0 Å². The molecule has 76 valence electrons. The molecule has 0 radical (unpaired) electrons. The monoisotopic (exact) mass is 198 g/mol. The quantitative estimate of drug-likeness (QED) is 0.567. The molecule has 1 aliphatic heterocycles. The highest BCUT2D eigenvalue weighted by molar-refractivity contribution is 8.14. The second-order valence-electron chi connectivity index (χ2n) is 5.51. The first kappa shape index (κ1) is 9.76. The summed E-state index contributed by atoms with van der Waals surface area (Å²) in [7, 11) is 0.505. The third-order valence-electron chi connectivity index (χ3n) is 4.65. The van der Waals surface area contributed by atoms with Gasteiger partial charge >= 0.3 is 0 Å². The van der Waals surface area contributed by atoms with Gasteiger partial charge in [-0.1, -0.05) is 26.6 Å². The average molecular weight is 198 g/mol. The topological polar surface area (TPSA) is 0 Å². The van der Waals surface area contributed by atoms with Crippen LogP contribution in [-0.4, -0.2) is 17.4 Å². The minimum absolute atomic E-state index is 0.505. The summed E-state index contributed by atoms with van der Waals surface area (Å²) in [5.41, 5.74) is 0.643. The number of hydrogen-bond acceptors (Lipinski definition) is 0. The lowest BCUT2D eigenvalue weighted by atomic mass is 9.70. The Hall–Kier alpha value is 0.220. The smallest absolute Gasteiger partial charge is 0.00859 e. The number of fused-ring (bicyclic) bond motifs is 1. The molecule has 0 spiro atoms. The summed E-state index contributed by atoms with van der Waals surface area (Å²) in [6, 6.07) is 0. The van der Waals surface area contributed by atoms with Gasteiger partial charge in [0.15, 0.2) is 0 Å². The molecule has 13 heavy (non-hydrogen) atoms. The Labute approximate surface area is 85.0 Å². The fraction of sp³-hybridized carbons (Fsp3) is 0.917. The highest BCUT2D eigenvalue weighted by atomic mass is 32.2. The maximum Gasteiger partial charge on any atom is -0.00859 e. The Morgan fingerprint density at radius 3 is 2.69 bits per heavy atom. The lowest BCUT2D eigenvalue weighted by molar-refractivity contribution is 0.152. The van der Waals surface area contributed by atoms with Gasteiger partial charge < -0.3 is 0 Å². The van der Waals surface area contributed by atoms with E-state index in [0.717, 1.165) is 17.8 Å². The zero-order chi connectivity index (χ0) is 9.64. The van der Waals surface area contributed by atoms with Crippen LogP contribution >= 0.6 is 10.5 Å². The Kier molecular flexibility index (Phi) is 2.34. The second kappa shape index (κ2) is 3.12. The number of rotatable bonds is 1. The standard InChI is InChI=1S/C12H22S/c1-9(2)12(3)6-5-10-7-13(4)8-11(10)12/h9-11H,4-8H2,1-3H3. The second-order valence-corrected chi connectivity index (χ2v) is 7.40. The van der Waals surface area contributed by atoms with Gasteiger partial charge in [-0.15, -0.1) is 0 Å². The fourth-order valence-electron chi connectivity index (χ4n) is 3.29. The molecule has 0 aromatic rings. The Morgan fingerprint density at radius 1 is 1.38 bits per heavy atom. The van der Waals surface area contributed by atoms with Gasteiger partial charge in [-0.2, -0.15) is 10.5 Å². The Balaban J connectivity index is 2.21. The maximum atomic E-state index is 4.27. The summed E-state index contributed by atoms with van der Waals surface area (Å²) in [4.78, 5) is 0. The Morgan fingerprint density at radius 2 is 2.08 bits per heavy atom. The minimum atomic E-state index is 0.505. The molecule has 1 heterocycles. The van der Waals surface area contributed by atoms with Crippen LogP contribution in [0.4, 0.5) is 0 Å². The van der Waals surface area contributed by atoms with Crippen molar-refractivity contribution in [3.05, 3.63) is 0 Å². The summed E-state index contributed by atoms with van der Waals surface area (Å²) >= 11 is 0. The zero-order valence-corrected chi connectivity index (χ0v) is 9.99. The van der Waals surface area contributed by atoms with Crippen LogP contribution in [0.25, 0.3) is 0 Å². The molecule has 2 fully saturated rings. The normalized spacial score (nSPS) is 50.0. The molecule has 0 aromatic heterocycles. The first-order valence-corrected chi connectivity index (χ1v) is 7.24. The van der Waals surface area contributed by atoms with E-state index in [-0.39, 0.29) is 0 Å². The van der Waals surface area contributed by atoms with Crippen LogP contribution in [0.2, 0.25) is 0 Å². The number of hydrogen-bond donors (Lipinski definition) is 0. The molecule has 2 aliphatic rings. The molecule has 2 rings (SSSR count). The van der Waals surface area contributed by atoms with Crippen LogP contribution in [0.15, 0.2) is 0 Å². The van der Waals surface area contributed by atoms with Crippen molar-refractivity contribution in [1.29, 1.82) is 0 Å². The van der Waals surface area contributed by atoms with Crippen molar-refractivity contribution in [3.8, 4) is 0 Å². The highest BCUT2D eigenvalue weighted by Gasteiger charge is 2.49. The molecule has 4 atom stereocenters. The third kappa shape index (κ3) is 1.40. The molecule has 1 saturated carbocycles. The first-order valence-electron chi connectivity index (χ1n) is 5.51. The van der Waals surface area contributed by atoms with Gasteiger partial charge in [-0.3, -0.25) is 0 Å². The van der Waals surface area contributed by atoms with Gasteiger partial charge in [0.05, 0.1) is 0 Å². The fourth-order valence-corrected chi connectivity index (χ4v) is 5.59. The van der Waals surface area contributed by atoms with Gasteiger partial charge in [0.1, 0.15) is 0 Å². The van der Waals surface area contributed by atoms with Gasteiger partial charge in [0.2, 0.25) is 0 Å². The van der Waals surface area contributed by atoms with Crippen LogP contribution in [-0.2, 0) is 0 Å². The van der Waals surface area contributed by atoms with Crippen molar-refractivity contribution in [1.82, 2.24) is 0 Å². The van der Waals surface area contributed by atoms with E-state index in [9.17, 15) is 0 Å². The van der Waals surface area contributed by atoms with Crippen molar-refractivity contribution in [2.45, 2.75) is 33.6 Å². The van der Waals surface area contributed by atoms with E-state index in [1.165, 1.54) is 24.3 Å². The van der Waals surface area contributed by atoms with E-state index in [2.05, 4.69) is 26.6 Å². The molecule has 0 bridgehead atoms. The van der Waals surface area contributed by atoms with E-state index >= 15 is 0 Å². The van der Waals surface area contributed by atoms with Crippen LogP contribution in [0.3, 0.4) is 0 Å². The van der Waals surface area contributed by atoms with Crippen LogP contribution in [0, 0.1) is 23.2 Å². The van der Waals surface area contributed by atoms with Crippen molar-refractivity contribution in [2.24, 2.45) is 23.2 Å². The molecule has 0 aromatic carbocycles. The summed E-state index contributed by atoms with van der Waals surface area (Å²) < 4.78 is 0. The summed E-state index contributed by atoms with van der Waals surface area (Å²) in [6.45, 7) is 7.33. The predicted molar refractivity (Wildman–Crippen MR) is 63.6 cm³/mol. The van der Waals surface area contributed by atoms with Crippen molar-refractivity contribution < 1.29 is 0 Å².